The van der Waals surface area contributed by atoms with Crippen LogP contribution in [0.1, 0.15) is 24.5 Å². The van der Waals surface area contributed by atoms with Gasteiger partial charge in [-0.15, -0.1) is 0 Å². The van der Waals surface area contributed by atoms with Crippen molar-refractivity contribution < 1.29 is 27.5 Å². The van der Waals surface area contributed by atoms with E-state index >= 15 is 0 Å². The summed E-state index contributed by atoms with van der Waals surface area (Å²) in [7, 11) is -2.31. The van der Waals surface area contributed by atoms with Crippen molar-refractivity contribution in [2.24, 2.45) is 0 Å². The van der Waals surface area contributed by atoms with Gasteiger partial charge in [-0.3, -0.25) is 13.9 Å². The Kier molecular flexibility index (Phi) is 8.03. The van der Waals surface area contributed by atoms with Gasteiger partial charge >= 0.3 is 0 Å². The predicted molar refractivity (Wildman–Crippen MR) is 129 cm³/mol. The Bertz CT molecular complexity index is 1150. The number of nitrogens with one attached hydrogen (secondary N) is 1. The highest BCUT2D eigenvalue weighted by molar-refractivity contribution is 7.92. The molecule has 1 atom stereocenters. The van der Waals surface area contributed by atoms with E-state index in [4.69, 9.17) is 9.47 Å². The third-order valence-corrected chi connectivity index (χ3v) is 6.87. The largest absolute Gasteiger partial charge is 0.486 e. The summed E-state index contributed by atoms with van der Waals surface area (Å²) in [5, 5.41) is 2.61. The highest BCUT2D eigenvalue weighted by atomic mass is 32.2. The number of hydrogen-bond acceptors (Lipinski definition) is 6. The summed E-state index contributed by atoms with van der Waals surface area (Å²) in [6.45, 7) is 4.22. The number of aryl methyl sites for hydroxylation is 1. The van der Waals surface area contributed by atoms with Crippen LogP contribution < -0.4 is 19.1 Å². The molecule has 0 saturated carbocycles. The molecule has 3 rings (SSSR count). The number of carbonyl (C=O) groups is 2. The molecular formula is C24H31N3O6S. The predicted octanol–water partition coefficient (Wildman–Crippen LogP) is 2.09. The quantitative estimate of drug-likeness (QED) is 0.578. The number of likely N-dealkylation sites (N-methyl/N-ethyl adjacent to an activating group) is 1. The van der Waals surface area contributed by atoms with E-state index in [9.17, 15) is 18.0 Å². The van der Waals surface area contributed by atoms with E-state index in [2.05, 4.69) is 5.32 Å². The zero-order valence-corrected chi connectivity index (χ0v) is 20.7. The number of benzene rings is 2. The van der Waals surface area contributed by atoms with Gasteiger partial charge in [0.15, 0.2) is 11.5 Å². The monoisotopic (exact) mass is 489 g/mol. The van der Waals surface area contributed by atoms with Crippen LogP contribution in [0.3, 0.4) is 0 Å². The topological polar surface area (TPSA) is 105 Å². The van der Waals surface area contributed by atoms with Crippen molar-refractivity contribution in [2.45, 2.75) is 32.9 Å². The number of nitrogens with zero attached hydrogens (tertiary/aromatic N) is 2. The fourth-order valence-electron chi connectivity index (χ4n) is 3.86. The lowest BCUT2D eigenvalue weighted by Gasteiger charge is -2.33. The van der Waals surface area contributed by atoms with Gasteiger partial charge in [0.25, 0.3) is 0 Å². The maximum Gasteiger partial charge on any atom is 0.244 e. The van der Waals surface area contributed by atoms with Crippen LogP contribution in [0.5, 0.6) is 11.5 Å². The molecule has 1 aliphatic heterocycles. The first kappa shape index (κ1) is 25.4. The number of hydrogen-bond donors (Lipinski definition) is 1. The number of fused-ring (bicyclic) bond motifs is 1. The number of amides is 2. The molecule has 0 radical (unpaired) electrons. The van der Waals surface area contributed by atoms with Crippen molar-refractivity contribution in [3.05, 3.63) is 53.6 Å². The Morgan fingerprint density at radius 2 is 1.76 bits per heavy atom. The molecular weight excluding hydrogens is 458 g/mol. The van der Waals surface area contributed by atoms with Crippen LogP contribution >= 0.6 is 0 Å². The van der Waals surface area contributed by atoms with E-state index in [0.717, 1.165) is 21.7 Å². The Balaban J connectivity index is 1.96. The molecule has 0 aliphatic carbocycles. The van der Waals surface area contributed by atoms with Gasteiger partial charge in [-0.1, -0.05) is 31.2 Å². The van der Waals surface area contributed by atoms with Crippen LogP contribution in [0.25, 0.3) is 0 Å². The summed E-state index contributed by atoms with van der Waals surface area (Å²) in [6, 6.07) is 11.6. The van der Waals surface area contributed by atoms with Gasteiger partial charge < -0.3 is 19.7 Å². The normalized spacial score (nSPS) is 13.6. The van der Waals surface area contributed by atoms with Crippen LogP contribution in [0.15, 0.2) is 42.5 Å². The molecule has 2 aromatic rings. The molecule has 0 aromatic heterocycles. The highest BCUT2D eigenvalue weighted by Crippen LogP contribution is 2.34. The van der Waals surface area contributed by atoms with Crippen molar-refractivity contribution in [1.29, 1.82) is 0 Å². The van der Waals surface area contributed by atoms with Crippen LogP contribution in [-0.2, 0) is 26.2 Å². The van der Waals surface area contributed by atoms with Gasteiger partial charge in [-0.2, -0.15) is 0 Å². The number of anilines is 1. The zero-order chi connectivity index (χ0) is 24.9. The first-order valence-corrected chi connectivity index (χ1v) is 12.9. The van der Waals surface area contributed by atoms with Crippen molar-refractivity contribution in [2.75, 3.05) is 37.4 Å². The fourth-order valence-corrected chi connectivity index (χ4v) is 4.70. The van der Waals surface area contributed by atoms with Crippen LogP contribution in [-0.4, -0.2) is 64.2 Å². The van der Waals surface area contributed by atoms with E-state index < -0.39 is 28.5 Å². The molecule has 10 heteroatoms. The van der Waals surface area contributed by atoms with Gasteiger partial charge in [0, 0.05) is 19.7 Å². The van der Waals surface area contributed by atoms with Gasteiger partial charge in [0.05, 0.1) is 11.9 Å². The highest BCUT2D eigenvalue weighted by Gasteiger charge is 2.32. The van der Waals surface area contributed by atoms with Crippen molar-refractivity contribution >= 4 is 27.5 Å². The minimum atomic E-state index is -3.82. The Hall–Kier alpha value is -3.27. The molecule has 1 N–H and O–H groups in total. The van der Waals surface area contributed by atoms with Gasteiger partial charge in [-0.25, -0.2) is 8.42 Å². The van der Waals surface area contributed by atoms with E-state index in [-0.39, 0.29) is 18.1 Å². The summed E-state index contributed by atoms with van der Waals surface area (Å²) in [6.07, 6.45) is 1.42. The van der Waals surface area contributed by atoms with E-state index in [1.165, 1.54) is 11.9 Å². The van der Waals surface area contributed by atoms with Crippen LogP contribution in [0.4, 0.5) is 5.69 Å². The number of carbonyl (C=O) groups excluding carboxylic acids is 2. The van der Waals surface area contributed by atoms with Crippen LogP contribution in [0, 0.1) is 6.92 Å². The smallest absolute Gasteiger partial charge is 0.244 e. The lowest BCUT2D eigenvalue weighted by atomic mass is 10.1. The molecule has 9 nitrogen and oxygen atoms in total. The molecule has 0 spiro atoms. The Labute approximate surface area is 200 Å². The Morgan fingerprint density at radius 3 is 2.38 bits per heavy atom. The summed E-state index contributed by atoms with van der Waals surface area (Å²) in [4.78, 5) is 27.6. The first-order valence-electron chi connectivity index (χ1n) is 11.1. The van der Waals surface area contributed by atoms with Crippen molar-refractivity contribution in [3.63, 3.8) is 0 Å². The molecule has 1 unspecified atom stereocenters. The van der Waals surface area contributed by atoms with Crippen LogP contribution in [0.2, 0.25) is 0 Å². The maximum atomic E-state index is 13.6. The lowest BCUT2D eigenvalue weighted by molar-refractivity contribution is -0.140. The second-order valence-corrected chi connectivity index (χ2v) is 9.99. The van der Waals surface area contributed by atoms with E-state index in [0.29, 0.717) is 31.1 Å². The van der Waals surface area contributed by atoms with Crippen molar-refractivity contribution in [1.82, 2.24) is 10.2 Å². The average Bonchev–Trinajstić information content (AvgIpc) is 2.82. The summed E-state index contributed by atoms with van der Waals surface area (Å²) in [5.74, 6) is 0.133. The number of sulfonamides is 1. The van der Waals surface area contributed by atoms with Gasteiger partial charge in [0.1, 0.15) is 25.8 Å². The molecule has 2 amide bonds. The second kappa shape index (κ2) is 10.8. The number of rotatable bonds is 9. The molecule has 0 fully saturated rings. The minimum Gasteiger partial charge on any atom is -0.486 e. The maximum absolute atomic E-state index is 13.6. The zero-order valence-electron chi connectivity index (χ0n) is 19.9. The van der Waals surface area contributed by atoms with Crippen molar-refractivity contribution in [3.8, 4) is 11.5 Å². The fraction of sp³-hybridized carbons (Fsp3) is 0.417. The molecule has 0 bridgehead atoms. The molecule has 1 aliphatic rings. The summed E-state index contributed by atoms with van der Waals surface area (Å²) < 4.78 is 37.5. The molecule has 1 heterocycles. The third-order valence-electron chi connectivity index (χ3n) is 5.73. The minimum absolute atomic E-state index is 0.177. The Morgan fingerprint density at radius 1 is 1.09 bits per heavy atom. The summed E-state index contributed by atoms with van der Waals surface area (Å²) in [5.41, 5.74) is 2.13. The van der Waals surface area contributed by atoms with Gasteiger partial charge in [-0.05, 0) is 36.6 Å². The first-order chi connectivity index (χ1) is 16.2. The SMILES string of the molecule is CCC(C(=O)NC)N(Cc1ccccc1C)C(=O)CN(c1ccc2c(c1)OCCO2)S(C)(=O)=O. The van der Waals surface area contributed by atoms with E-state index in [1.54, 1.807) is 18.2 Å². The molecule has 0 saturated heterocycles. The number of ether oxygens (including phenoxy) is 2. The van der Waals surface area contributed by atoms with E-state index in [1.807, 2.05) is 38.1 Å². The lowest BCUT2D eigenvalue weighted by Crippen LogP contribution is -2.51. The molecule has 184 valence electrons. The third kappa shape index (κ3) is 5.80. The standard InChI is InChI=1S/C24H31N3O6S/c1-5-20(24(29)25-3)26(15-18-9-7-6-8-17(18)2)23(28)16-27(34(4,30)31)19-10-11-21-22(14-19)33-13-12-32-21/h6-11,14,20H,5,12-13,15-16H2,1-4H3,(H,25,29). The molecule has 34 heavy (non-hydrogen) atoms. The average molecular weight is 490 g/mol. The van der Waals surface area contributed by atoms with Gasteiger partial charge in [0.2, 0.25) is 21.8 Å². The summed E-state index contributed by atoms with van der Waals surface area (Å²) >= 11 is 0. The molecule has 2 aromatic carbocycles. The second-order valence-electron chi connectivity index (χ2n) is 8.08.